The average Bonchev–Trinajstić information content (AvgIpc) is 2.73. The van der Waals surface area contributed by atoms with E-state index in [4.69, 9.17) is 9.47 Å². The number of aryl methyl sites for hydroxylation is 1. The minimum absolute atomic E-state index is 0.459. The largest absolute Gasteiger partial charge is 0.379 e. The Bertz CT molecular complexity index is 691. The van der Waals surface area contributed by atoms with Gasteiger partial charge in [0.05, 0.1) is 26.4 Å². The second kappa shape index (κ2) is 6.62. The Morgan fingerprint density at radius 3 is 2.67 bits per heavy atom. The minimum Gasteiger partial charge on any atom is -0.379 e. The lowest BCUT2D eigenvalue weighted by molar-refractivity contribution is 0.0917. The molecule has 8 heteroatoms. The molecule has 0 aromatic carbocycles. The van der Waals surface area contributed by atoms with Crippen molar-refractivity contribution in [3.8, 4) is 0 Å². The summed E-state index contributed by atoms with van der Waals surface area (Å²) >= 11 is 0. The van der Waals surface area contributed by atoms with E-state index >= 15 is 0 Å². The van der Waals surface area contributed by atoms with Crippen LogP contribution in [0.3, 0.4) is 0 Å². The third kappa shape index (κ3) is 3.09. The highest BCUT2D eigenvalue weighted by Gasteiger charge is 2.32. The number of ether oxygens (including phenoxy) is 2. The number of fused-ring (bicyclic) bond motifs is 1. The Hall–Kier alpha value is -1.77. The van der Waals surface area contributed by atoms with E-state index in [0.717, 1.165) is 50.1 Å². The van der Waals surface area contributed by atoms with E-state index in [9.17, 15) is 0 Å². The van der Waals surface area contributed by atoms with Gasteiger partial charge in [0.25, 0.3) is 0 Å². The van der Waals surface area contributed by atoms with E-state index in [1.54, 1.807) is 4.52 Å². The summed E-state index contributed by atoms with van der Waals surface area (Å²) in [6.07, 6.45) is 0. The summed E-state index contributed by atoms with van der Waals surface area (Å²) in [5.74, 6) is 2.26. The molecule has 2 aromatic rings. The highest BCUT2D eigenvalue weighted by Crippen LogP contribution is 2.22. The van der Waals surface area contributed by atoms with Gasteiger partial charge in [-0.1, -0.05) is 0 Å². The summed E-state index contributed by atoms with van der Waals surface area (Å²) in [5, 5.41) is 12.8. The molecule has 0 radical (unpaired) electrons. The Balaban J connectivity index is 1.33. The van der Waals surface area contributed by atoms with Crippen LogP contribution in [0.2, 0.25) is 0 Å². The van der Waals surface area contributed by atoms with E-state index < -0.39 is 0 Å². The first-order chi connectivity index (χ1) is 11.7. The van der Waals surface area contributed by atoms with Gasteiger partial charge in [0.2, 0.25) is 0 Å². The van der Waals surface area contributed by atoms with Crippen molar-refractivity contribution in [3.63, 3.8) is 0 Å². The monoisotopic (exact) mass is 332 g/mol. The fraction of sp³-hybridized carbons (Fsp3) is 0.688. The maximum Gasteiger partial charge on any atom is 0.178 e. The van der Waals surface area contributed by atoms with Gasteiger partial charge in [0.15, 0.2) is 11.5 Å². The van der Waals surface area contributed by atoms with E-state index in [1.165, 1.54) is 0 Å². The molecule has 4 heterocycles. The maximum atomic E-state index is 5.59. The standard InChI is InChI=1S/C16H24N6O2/c1-12-17-18-15-3-4-16(19-22(12)15)21-8-14(9-21)20(2)7-13-10-23-5-6-24-11-13/h3-4,13-14H,5-11H2,1-2H3. The number of rotatable bonds is 4. The molecule has 0 unspecified atom stereocenters. The first-order valence-corrected chi connectivity index (χ1v) is 8.50. The number of hydrogen-bond donors (Lipinski definition) is 0. The minimum atomic E-state index is 0.459. The van der Waals surface area contributed by atoms with Crippen molar-refractivity contribution in [2.24, 2.45) is 5.92 Å². The van der Waals surface area contributed by atoms with Crippen molar-refractivity contribution in [3.05, 3.63) is 18.0 Å². The highest BCUT2D eigenvalue weighted by molar-refractivity contribution is 5.47. The Morgan fingerprint density at radius 2 is 1.92 bits per heavy atom. The summed E-state index contributed by atoms with van der Waals surface area (Å²) in [6, 6.07) is 4.54. The van der Waals surface area contributed by atoms with Crippen molar-refractivity contribution >= 4 is 11.5 Å². The van der Waals surface area contributed by atoms with Crippen molar-refractivity contribution in [1.29, 1.82) is 0 Å². The van der Waals surface area contributed by atoms with Gasteiger partial charge in [-0.3, -0.25) is 4.90 Å². The predicted octanol–water partition coefficient (Wildman–Crippen LogP) is 0.216. The van der Waals surface area contributed by atoms with Gasteiger partial charge in [-0.2, -0.15) is 4.52 Å². The van der Waals surface area contributed by atoms with Crippen molar-refractivity contribution in [1.82, 2.24) is 24.7 Å². The van der Waals surface area contributed by atoms with Crippen LogP contribution in [0.25, 0.3) is 5.65 Å². The van der Waals surface area contributed by atoms with Crippen LogP contribution >= 0.6 is 0 Å². The lowest BCUT2D eigenvalue weighted by atomic mass is 10.1. The third-order valence-electron chi connectivity index (χ3n) is 4.84. The van der Waals surface area contributed by atoms with Gasteiger partial charge >= 0.3 is 0 Å². The smallest absolute Gasteiger partial charge is 0.178 e. The van der Waals surface area contributed by atoms with Gasteiger partial charge in [0, 0.05) is 31.6 Å². The molecule has 0 N–H and O–H groups in total. The quantitative estimate of drug-likeness (QED) is 0.793. The molecule has 0 saturated carbocycles. The predicted molar refractivity (Wildman–Crippen MR) is 89.3 cm³/mol. The number of likely N-dealkylation sites (N-methyl/N-ethyl adjacent to an activating group) is 1. The van der Waals surface area contributed by atoms with E-state index in [-0.39, 0.29) is 0 Å². The van der Waals surface area contributed by atoms with Gasteiger partial charge in [-0.15, -0.1) is 15.3 Å². The van der Waals surface area contributed by atoms with Crippen molar-refractivity contribution in [2.75, 3.05) is 58.0 Å². The summed E-state index contributed by atoms with van der Waals surface area (Å²) in [5.41, 5.74) is 0.791. The van der Waals surface area contributed by atoms with Crippen LogP contribution in [0.5, 0.6) is 0 Å². The molecule has 0 atom stereocenters. The van der Waals surface area contributed by atoms with Gasteiger partial charge in [0.1, 0.15) is 5.82 Å². The molecule has 0 spiro atoms. The van der Waals surface area contributed by atoms with E-state index in [1.807, 2.05) is 19.1 Å². The highest BCUT2D eigenvalue weighted by atomic mass is 16.5. The fourth-order valence-corrected chi connectivity index (χ4v) is 3.30. The number of aromatic nitrogens is 4. The molecular formula is C16H24N6O2. The first-order valence-electron chi connectivity index (χ1n) is 8.50. The Kier molecular flexibility index (Phi) is 4.34. The zero-order valence-electron chi connectivity index (χ0n) is 14.3. The molecule has 0 bridgehead atoms. The molecule has 8 nitrogen and oxygen atoms in total. The molecule has 4 rings (SSSR count). The molecular weight excluding hydrogens is 308 g/mol. The number of nitrogens with zero attached hydrogens (tertiary/aromatic N) is 6. The van der Waals surface area contributed by atoms with E-state index in [2.05, 4.69) is 32.1 Å². The van der Waals surface area contributed by atoms with Gasteiger partial charge in [-0.05, 0) is 26.1 Å². The fourth-order valence-electron chi connectivity index (χ4n) is 3.30. The SMILES string of the molecule is Cc1nnc2ccc(N3CC(N(C)CC4COCCOC4)C3)nn12. The van der Waals surface area contributed by atoms with Crippen LogP contribution in [0.1, 0.15) is 5.82 Å². The summed E-state index contributed by atoms with van der Waals surface area (Å²) in [4.78, 5) is 4.71. The summed E-state index contributed by atoms with van der Waals surface area (Å²) in [6.45, 7) is 7.94. The average molecular weight is 332 g/mol. The van der Waals surface area contributed by atoms with E-state index in [0.29, 0.717) is 25.2 Å². The molecule has 0 aliphatic carbocycles. The lowest BCUT2D eigenvalue weighted by Crippen LogP contribution is -2.59. The first kappa shape index (κ1) is 15.7. The molecule has 2 aliphatic heterocycles. The van der Waals surface area contributed by atoms with Crippen LogP contribution in [0.4, 0.5) is 5.82 Å². The molecule has 130 valence electrons. The van der Waals surface area contributed by atoms with Crippen LogP contribution in [-0.4, -0.2) is 83.9 Å². The maximum absolute atomic E-state index is 5.59. The topological polar surface area (TPSA) is 68.0 Å². The van der Waals surface area contributed by atoms with Crippen molar-refractivity contribution < 1.29 is 9.47 Å². The molecule has 2 fully saturated rings. The molecule has 2 aliphatic rings. The molecule has 24 heavy (non-hydrogen) atoms. The van der Waals surface area contributed by atoms with Crippen LogP contribution < -0.4 is 4.90 Å². The second-order valence-electron chi connectivity index (χ2n) is 6.72. The lowest BCUT2D eigenvalue weighted by Gasteiger charge is -2.45. The summed E-state index contributed by atoms with van der Waals surface area (Å²) in [7, 11) is 2.19. The molecule has 2 saturated heterocycles. The Labute approximate surface area is 141 Å². The Morgan fingerprint density at radius 1 is 1.17 bits per heavy atom. The zero-order chi connectivity index (χ0) is 16.5. The third-order valence-corrected chi connectivity index (χ3v) is 4.84. The number of hydrogen-bond acceptors (Lipinski definition) is 7. The zero-order valence-corrected chi connectivity index (χ0v) is 14.3. The van der Waals surface area contributed by atoms with Gasteiger partial charge in [-0.25, -0.2) is 0 Å². The molecule has 2 aromatic heterocycles. The normalized spacial score (nSPS) is 20.5. The molecule has 0 amide bonds. The van der Waals surface area contributed by atoms with Crippen LogP contribution in [-0.2, 0) is 9.47 Å². The number of anilines is 1. The van der Waals surface area contributed by atoms with Crippen LogP contribution in [0, 0.1) is 12.8 Å². The van der Waals surface area contributed by atoms with Crippen molar-refractivity contribution in [2.45, 2.75) is 13.0 Å². The summed E-state index contributed by atoms with van der Waals surface area (Å²) < 4.78 is 13.0. The second-order valence-corrected chi connectivity index (χ2v) is 6.72. The van der Waals surface area contributed by atoms with Crippen LogP contribution in [0.15, 0.2) is 12.1 Å². The van der Waals surface area contributed by atoms with Gasteiger partial charge < -0.3 is 14.4 Å².